The van der Waals surface area contributed by atoms with Crippen molar-refractivity contribution in [3.63, 3.8) is 0 Å². The van der Waals surface area contributed by atoms with Gasteiger partial charge in [-0.1, -0.05) is 12.1 Å². The Morgan fingerprint density at radius 3 is 2.10 bits per heavy atom. The van der Waals surface area contributed by atoms with Crippen LogP contribution in [0.2, 0.25) is 0 Å². The van der Waals surface area contributed by atoms with Gasteiger partial charge in [0, 0.05) is 12.6 Å². The number of aliphatic hydroxyl groups excluding tert-OH is 1. The van der Waals surface area contributed by atoms with Crippen LogP contribution in [0, 0.1) is 0 Å². The SMILES string of the molecule is CC(C)N(CC(F)(F)F)S(=O)(=O)c1ccc(CCO)cc1. The second-order valence-corrected chi connectivity index (χ2v) is 6.77. The molecule has 0 amide bonds. The molecule has 1 N–H and O–H groups in total. The number of hydrogen-bond acceptors (Lipinski definition) is 3. The zero-order valence-corrected chi connectivity index (χ0v) is 12.6. The summed E-state index contributed by atoms with van der Waals surface area (Å²) < 4.78 is 62.6. The van der Waals surface area contributed by atoms with Gasteiger partial charge in [-0.2, -0.15) is 17.5 Å². The van der Waals surface area contributed by atoms with E-state index in [0.717, 1.165) is 0 Å². The molecule has 8 heteroatoms. The Hall–Kier alpha value is -1.12. The number of halogens is 3. The fraction of sp³-hybridized carbons (Fsp3) is 0.538. The van der Waals surface area contributed by atoms with Crippen molar-refractivity contribution in [3.05, 3.63) is 29.8 Å². The molecular formula is C13H18F3NO3S. The smallest absolute Gasteiger partial charge is 0.396 e. The van der Waals surface area contributed by atoms with E-state index in [1.807, 2.05) is 0 Å². The average Bonchev–Trinajstić information content (AvgIpc) is 2.35. The number of benzene rings is 1. The van der Waals surface area contributed by atoms with Gasteiger partial charge in [-0.3, -0.25) is 0 Å². The molecule has 0 saturated heterocycles. The minimum atomic E-state index is -4.60. The van der Waals surface area contributed by atoms with Gasteiger partial charge in [0.2, 0.25) is 10.0 Å². The van der Waals surface area contributed by atoms with Crippen LogP contribution < -0.4 is 0 Å². The monoisotopic (exact) mass is 325 g/mol. The third-order valence-electron chi connectivity index (χ3n) is 2.84. The van der Waals surface area contributed by atoms with E-state index < -0.39 is 28.8 Å². The van der Waals surface area contributed by atoms with Crippen molar-refractivity contribution in [2.24, 2.45) is 0 Å². The van der Waals surface area contributed by atoms with E-state index in [1.54, 1.807) is 0 Å². The third-order valence-corrected chi connectivity index (χ3v) is 4.88. The van der Waals surface area contributed by atoms with Gasteiger partial charge in [0.15, 0.2) is 0 Å². The Labute approximate surface area is 122 Å². The van der Waals surface area contributed by atoms with Crippen LogP contribution in [0.25, 0.3) is 0 Å². The molecule has 0 aliphatic heterocycles. The fourth-order valence-electron chi connectivity index (χ4n) is 1.81. The minimum absolute atomic E-state index is 0.0850. The van der Waals surface area contributed by atoms with Crippen LogP contribution in [0.5, 0.6) is 0 Å². The van der Waals surface area contributed by atoms with Gasteiger partial charge in [-0.25, -0.2) is 8.42 Å². The number of rotatable bonds is 6. The summed E-state index contributed by atoms with van der Waals surface area (Å²) in [4.78, 5) is -0.192. The molecule has 0 heterocycles. The molecule has 0 aliphatic rings. The lowest BCUT2D eigenvalue weighted by Gasteiger charge is -2.26. The summed E-state index contributed by atoms with van der Waals surface area (Å²) in [6.45, 7) is 1.18. The quantitative estimate of drug-likeness (QED) is 0.872. The van der Waals surface area contributed by atoms with Crippen molar-refractivity contribution < 1.29 is 26.7 Å². The van der Waals surface area contributed by atoms with Crippen molar-refractivity contribution in [1.29, 1.82) is 0 Å². The zero-order chi connectivity index (χ0) is 16.3. The Morgan fingerprint density at radius 2 is 1.71 bits per heavy atom. The predicted octanol–water partition coefficient (Wildman–Crippen LogP) is 2.18. The van der Waals surface area contributed by atoms with E-state index in [9.17, 15) is 21.6 Å². The molecular weight excluding hydrogens is 307 g/mol. The van der Waals surface area contributed by atoms with Crippen molar-refractivity contribution in [3.8, 4) is 0 Å². The van der Waals surface area contributed by atoms with Gasteiger partial charge >= 0.3 is 6.18 Å². The highest BCUT2D eigenvalue weighted by Crippen LogP contribution is 2.24. The summed E-state index contributed by atoms with van der Waals surface area (Å²) in [6, 6.07) is 4.66. The van der Waals surface area contributed by atoms with Crippen LogP contribution in [0.1, 0.15) is 19.4 Å². The second-order valence-electron chi connectivity index (χ2n) is 4.88. The maximum atomic E-state index is 12.5. The lowest BCUT2D eigenvalue weighted by Crippen LogP contribution is -2.43. The minimum Gasteiger partial charge on any atom is -0.396 e. The number of hydrogen-bond donors (Lipinski definition) is 1. The van der Waals surface area contributed by atoms with Crippen LogP contribution >= 0.6 is 0 Å². The van der Waals surface area contributed by atoms with Crippen molar-refractivity contribution in [2.45, 2.75) is 37.4 Å². The van der Waals surface area contributed by atoms with Crippen molar-refractivity contribution >= 4 is 10.0 Å². The van der Waals surface area contributed by atoms with Gasteiger partial charge < -0.3 is 5.11 Å². The molecule has 21 heavy (non-hydrogen) atoms. The van der Waals surface area contributed by atoms with Crippen LogP contribution in [-0.2, 0) is 16.4 Å². The molecule has 0 saturated carbocycles. The van der Waals surface area contributed by atoms with E-state index in [1.165, 1.54) is 38.1 Å². The van der Waals surface area contributed by atoms with Crippen LogP contribution in [0.4, 0.5) is 13.2 Å². The Morgan fingerprint density at radius 1 is 1.19 bits per heavy atom. The van der Waals surface area contributed by atoms with Crippen LogP contribution in [0.3, 0.4) is 0 Å². The van der Waals surface area contributed by atoms with E-state index in [4.69, 9.17) is 5.11 Å². The van der Waals surface area contributed by atoms with Crippen LogP contribution in [0.15, 0.2) is 29.2 Å². The van der Waals surface area contributed by atoms with Gasteiger partial charge in [-0.05, 0) is 38.0 Å². The largest absolute Gasteiger partial charge is 0.402 e. The summed E-state index contributed by atoms with van der Waals surface area (Å²) in [5, 5.41) is 8.79. The highest BCUT2D eigenvalue weighted by Gasteiger charge is 2.38. The molecule has 4 nitrogen and oxygen atoms in total. The molecule has 1 aromatic carbocycles. The first-order chi connectivity index (χ1) is 9.58. The van der Waals surface area contributed by atoms with Crippen molar-refractivity contribution in [2.75, 3.05) is 13.2 Å². The zero-order valence-electron chi connectivity index (χ0n) is 11.8. The van der Waals surface area contributed by atoms with Crippen molar-refractivity contribution in [1.82, 2.24) is 4.31 Å². The molecule has 0 unspecified atom stereocenters. The third kappa shape index (κ3) is 4.98. The second kappa shape index (κ2) is 6.76. The molecule has 0 aliphatic carbocycles. The Balaban J connectivity index is 3.11. The summed E-state index contributed by atoms with van der Waals surface area (Å²) in [5.41, 5.74) is 0.711. The Bertz CT molecular complexity index is 553. The molecule has 1 aromatic rings. The lowest BCUT2D eigenvalue weighted by molar-refractivity contribution is -0.138. The normalized spacial score (nSPS) is 13.1. The maximum Gasteiger partial charge on any atom is 0.402 e. The highest BCUT2D eigenvalue weighted by molar-refractivity contribution is 7.89. The van der Waals surface area contributed by atoms with Gasteiger partial charge in [-0.15, -0.1) is 0 Å². The molecule has 0 bridgehead atoms. The maximum absolute atomic E-state index is 12.5. The van der Waals surface area contributed by atoms with Gasteiger partial charge in [0.25, 0.3) is 0 Å². The Kier molecular flexibility index (Phi) is 5.77. The predicted molar refractivity (Wildman–Crippen MR) is 72.3 cm³/mol. The molecule has 0 aromatic heterocycles. The first kappa shape index (κ1) is 17.9. The molecule has 0 atom stereocenters. The molecule has 0 spiro atoms. The molecule has 120 valence electrons. The van der Waals surface area contributed by atoms with Gasteiger partial charge in [0.1, 0.15) is 6.54 Å². The molecule has 0 fully saturated rings. The summed E-state index contributed by atoms with van der Waals surface area (Å²) >= 11 is 0. The lowest BCUT2D eigenvalue weighted by atomic mass is 10.2. The van der Waals surface area contributed by atoms with E-state index in [2.05, 4.69) is 0 Å². The number of aliphatic hydroxyl groups is 1. The number of sulfonamides is 1. The molecule has 0 radical (unpaired) electrons. The number of alkyl halides is 3. The summed E-state index contributed by atoms with van der Waals surface area (Å²) in [7, 11) is -4.21. The molecule has 1 rings (SSSR count). The summed E-state index contributed by atoms with van der Waals surface area (Å²) in [5.74, 6) is 0. The van der Waals surface area contributed by atoms with Crippen LogP contribution in [-0.4, -0.2) is 43.2 Å². The summed E-state index contributed by atoms with van der Waals surface area (Å²) in [6.07, 6.45) is -4.25. The topological polar surface area (TPSA) is 57.6 Å². The first-order valence-corrected chi connectivity index (χ1v) is 7.80. The van der Waals surface area contributed by atoms with E-state index >= 15 is 0 Å². The highest BCUT2D eigenvalue weighted by atomic mass is 32.2. The van der Waals surface area contributed by atoms with E-state index in [0.29, 0.717) is 16.3 Å². The average molecular weight is 325 g/mol. The number of nitrogens with zero attached hydrogens (tertiary/aromatic N) is 1. The first-order valence-electron chi connectivity index (χ1n) is 6.36. The fourth-order valence-corrected chi connectivity index (χ4v) is 3.44. The van der Waals surface area contributed by atoms with Gasteiger partial charge in [0.05, 0.1) is 4.90 Å². The van der Waals surface area contributed by atoms with E-state index in [-0.39, 0.29) is 11.5 Å². The standard InChI is InChI=1S/C13H18F3NO3S/c1-10(2)17(9-13(14,15)16)21(19,20)12-5-3-11(4-6-12)7-8-18/h3-6,10,18H,7-9H2,1-2H3.